The number of anilines is 2. The topological polar surface area (TPSA) is 27.7 Å². The molecular formula is C16H25N3O. The van der Waals surface area contributed by atoms with Gasteiger partial charge in [0.2, 0.25) is 0 Å². The van der Waals surface area contributed by atoms with Crippen molar-refractivity contribution in [2.75, 3.05) is 56.3 Å². The van der Waals surface area contributed by atoms with Crippen LogP contribution in [0.4, 0.5) is 11.4 Å². The fourth-order valence-corrected chi connectivity index (χ4v) is 2.99. The number of rotatable bonds is 4. The van der Waals surface area contributed by atoms with Crippen LogP contribution in [0.5, 0.6) is 0 Å². The number of ether oxygens (including phenoxy) is 1. The number of hydrogen-bond acceptors (Lipinski definition) is 4. The van der Waals surface area contributed by atoms with Crippen LogP contribution in [0.15, 0.2) is 24.3 Å². The highest BCUT2D eigenvalue weighted by Crippen LogP contribution is 2.28. The third kappa shape index (κ3) is 3.44. The van der Waals surface area contributed by atoms with Crippen molar-refractivity contribution >= 4 is 11.4 Å². The molecule has 3 rings (SSSR count). The molecule has 2 aliphatic rings. The van der Waals surface area contributed by atoms with E-state index in [1.165, 1.54) is 43.7 Å². The van der Waals surface area contributed by atoms with Gasteiger partial charge in [0.1, 0.15) is 0 Å². The molecule has 0 bridgehead atoms. The molecule has 4 heteroatoms. The van der Waals surface area contributed by atoms with E-state index in [0.717, 1.165) is 33.0 Å². The number of morpholine rings is 1. The molecule has 0 radical (unpaired) electrons. The maximum Gasteiger partial charge on any atom is 0.0680 e. The van der Waals surface area contributed by atoms with Gasteiger partial charge in [-0.05, 0) is 31.4 Å². The maximum absolute atomic E-state index is 5.39. The minimum absolute atomic E-state index is 0.857. The summed E-state index contributed by atoms with van der Waals surface area (Å²) in [6.45, 7) is 7.06. The van der Waals surface area contributed by atoms with Crippen LogP contribution in [0.2, 0.25) is 0 Å². The SMILES string of the molecule is c1ccc(N2CCCCC2)c(NCN2CCOCC2)c1. The summed E-state index contributed by atoms with van der Waals surface area (Å²) < 4.78 is 5.39. The summed E-state index contributed by atoms with van der Waals surface area (Å²) in [5.74, 6) is 0. The van der Waals surface area contributed by atoms with Crippen LogP contribution in [0.25, 0.3) is 0 Å². The quantitative estimate of drug-likeness (QED) is 0.913. The highest BCUT2D eigenvalue weighted by atomic mass is 16.5. The lowest BCUT2D eigenvalue weighted by Gasteiger charge is -2.32. The first-order chi connectivity index (χ1) is 9.93. The van der Waals surface area contributed by atoms with E-state index >= 15 is 0 Å². The molecule has 0 saturated carbocycles. The normalized spacial score (nSPS) is 20.9. The Balaban J connectivity index is 1.62. The Morgan fingerprint density at radius 1 is 0.950 bits per heavy atom. The minimum atomic E-state index is 0.857. The van der Waals surface area contributed by atoms with E-state index in [9.17, 15) is 0 Å². The van der Waals surface area contributed by atoms with Crippen molar-refractivity contribution in [2.24, 2.45) is 0 Å². The van der Waals surface area contributed by atoms with Crippen molar-refractivity contribution in [3.05, 3.63) is 24.3 Å². The first kappa shape index (κ1) is 13.7. The van der Waals surface area contributed by atoms with Crippen LogP contribution in [0, 0.1) is 0 Å². The molecule has 0 unspecified atom stereocenters. The highest BCUT2D eigenvalue weighted by Gasteiger charge is 2.15. The van der Waals surface area contributed by atoms with Crippen molar-refractivity contribution in [1.82, 2.24) is 4.90 Å². The molecule has 1 aromatic carbocycles. The van der Waals surface area contributed by atoms with E-state index in [4.69, 9.17) is 4.74 Å². The number of nitrogens with one attached hydrogen (secondary N) is 1. The first-order valence-electron chi connectivity index (χ1n) is 7.81. The van der Waals surface area contributed by atoms with E-state index in [-0.39, 0.29) is 0 Å². The molecular weight excluding hydrogens is 250 g/mol. The molecule has 0 aliphatic carbocycles. The Bertz CT molecular complexity index is 412. The second kappa shape index (κ2) is 6.95. The standard InChI is InChI=1S/C16H25N3O/c1-4-8-19(9-5-1)16-7-3-2-6-15(16)17-14-18-10-12-20-13-11-18/h2-3,6-7,17H,1,4-5,8-14H2. The molecule has 0 atom stereocenters. The molecule has 2 aliphatic heterocycles. The van der Waals surface area contributed by atoms with Gasteiger partial charge < -0.3 is 15.0 Å². The van der Waals surface area contributed by atoms with Crippen LogP contribution in [0.3, 0.4) is 0 Å². The van der Waals surface area contributed by atoms with Crippen LogP contribution in [-0.4, -0.2) is 51.0 Å². The van der Waals surface area contributed by atoms with Crippen molar-refractivity contribution in [3.63, 3.8) is 0 Å². The summed E-state index contributed by atoms with van der Waals surface area (Å²) in [5, 5.41) is 3.61. The van der Waals surface area contributed by atoms with Gasteiger partial charge >= 0.3 is 0 Å². The second-order valence-electron chi connectivity index (χ2n) is 5.63. The number of piperidine rings is 1. The minimum Gasteiger partial charge on any atom is -0.379 e. The molecule has 2 fully saturated rings. The summed E-state index contributed by atoms with van der Waals surface area (Å²) in [7, 11) is 0. The zero-order valence-corrected chi connectivity index (χ0v) is 12.2. The smallest absolute Gasteiger partial charge is 0.0680 e. The lowest BCUT2D eigenvalue weighted by atomic mass is 10.1. The van der Waals surface area contributed by atoms with Crippen molar-refractivity contribution in [1.29, 1.82) is 0 Å². The van der Waals surface area contributed by atoms with E-state index in [1.54, 1.807) is 0 Å². The predicted octanol–water partition coefficient (Wildman–Crippen LogP) is 2.38. The molecule has 0 amide bonds. The Hall–Kier alpha value is -1.26. The van der Waals surface area contributed by atoms with Gasteiger partial charge in [0.25, 0.3) is 0 Å². The Morgan fingerprint density at radius 3 is 2.50 bits per heavy atom. The average molecular weight is 275 g/mol. The Morgan fingerprint density at radius 2 is 1.70 bits per heavy atom. The molecule has 20 heavy (non-hydrogen) atoms. The van der Waals surface area contributed by atoms with E-state index in [0.29, 0.717) is 0 Å². The zero-order chi connectivity index (χ0) is 13.6. The van der Waals surface area contributed by atoms with Gasteiger partial charge in [-0.15, -0.1) is 0 Å². The molecule has 1 N–H and O–H groups in total. The Kier molecular flexibility index (Phi) is 4.77. The van der Waals surface area contributed by atoms with Crippen LogP contribution < -0.4 is 10.2 Å². The number of benzene rings is 1. The average Bonchev–Trinajstić information content (AvgIpc) is 2.55. The zero-order valence-electron chi connectivity index (χ0n) is 12.2. The largest absolute Gasteiger partial charge is 0.379 e. The number of hydrogen-bond donors (Lipinski definition) is 1. The van der Waals surface area contributed by atoms with E-state index < -0.39 is 0 Å². The third-order valence-electron chi connectivity index (χ3n) is 4.20. The molecule has 4 nitrogen and oxygen atoms in total. The maximum atomic E-state index is 5.39. The van der Waals surface area contributed by atoms with E-state index in [1.807, 2.05) is 0 Å². The van der Waals surface area contributed by atoms with E-state index in [2.05, 4.69) is 39.4 Å². The van der Waals surface area contributed by atoms with Crippen molar-refractivity contribution < 1.29 is 4.74 Å². The summed E-state index contributed by atoms with van der Waals surface area (Å²) in [6.07, 6.45) is 4.01. The predicted molar refractivity (Wildman–Crippen MR) is 83.4 cm³/mol. The van der Waals surface area contributed by atoms with Crippen LogP contribution in [0.1, 0.15) is 19.3 Å². The third-order valence-corrected chi connectivity index (χ3v) is 4.20. The fraction of sp³-hybridized carbons (Fsp3) is 0.625. The van der Waals surface area contributed by atoms with Crippen molar-refractivity contribution in [2.45, 2.75) is 19.3 Å². The summed E-state index contributed by atoms with van der Waals surface area (Å²) in [4.78, 5) is 4.93. The van der Waals surface area contributed by atoms with Gasteiger partial charge in [-0.25, -0.2) is 0 Å². The van der Waals surface area contributed by atoms with Gasteiger partial charge in [-0.1, -0.05) is 12.1 Å². The first-order valence-corrected chi connectivity index (χ1v) is 7.81. The Labute approximate surface area is 121 Å². The number of nitrogens with zero attached hydrogens (tertiary/aromatic N) is 2. The molecule has 0 aromatic heterocycles. The number of para-hydroxylation sites is 2. The molecule has 2 heterocycles. The van der Waals surface area contributed by atoms with Gasteiger partial charge in [-0.3, -0.25) is 4.90 Å². The molecule has 0 spiro atoms. The van der Waals surface area contributed by atoms with Gasteiger partial charge in [0.15, 0.2) is 0 Å². The highest BCUT2D eigenvalue weighted by molar-refractivity contribution is 5.70. The van der Waals surface area contributed by atoms with Crippen LogP contribution >= 0.6 is 0 Å². The molecule has 2 saturated heterocycles. The van der Waals surface area contributed by atoms with Crippen LogP contribution in [-0.2, 0) is 4.74 Å². The molecule has 1 aromatic rings. The second-order valence-corrected chi connectivity index (χ2v) is 5.63. The fourth-order valence-electron chi connectivity index (χ4n) is 2.99. The molecule has 110 valence electrons. The summed E-state index contributed by atoms with van der Waals surface area (Å²) in [6, 6.07) is 8.70. The van der Waals surface area contributed by atoms with Crippen molar-refractivity contribution in [3.8, 4) is 0 Å². The van der Waals surface area contributed by atoms with Gasteiger partial charge in [-0.2, -0.15) is 0 Å². The van der Waals surface area contributed by atoms with Gasteiger partial charge in [0.05, 0.1) is 31.3 Å². The summed E-state index contributed by atoms with van der Waals surface area (Å²) >= 11 is 0. The van der Waals surface area contributed by atoms with Gasteiger partial charge in [0, 0.05) is 26.2 Å². The lowest BCUT2D eigenvalue weighted by molar-refractivity contribution is 0.0414. The monoisotopic (exact) mass is 275 g/mol. The lowest BCUT2D eigenvalue weighted by Crippen LogP contribution is -2.39. The summed E-state index contributed by atoms with van der Waals surface area (Å²) in [5.41, 5.74) is 2.63.